The lowest BCUT2D eigenvalue weighted by molar-refractivity contribution is 0.0739. The first-order valence-electron chi connectivity index (χ1n) is 5.50. The minimum Gasteiger partial charge on any atom is -0.490 e. The lowest BCUT2D eigenvalue weighted by Gasteiger charge is -2.05. The molecule has 0 saturated carbocycles. The van der Waals surface area contributed by atoms with Crippen LogP contribution in [0.1, 0.15) is 9.67 Å². The maximum absolute atomic E-state index is 11.8. The fraction of sp³-hybridized carbons (Fsp3) is 0.0714. The predicted octanol–water partition coefficient (Wildman–Crippen LogP) is 4.14. The Morgan fingerprint density at radius 1 is 1.21 bits per heavy atom. The zero-order valence-electron chi connectivity index (χ0n) is 9.97. The van der Waals surface area contributed by atoms with Gasteiger partial charge in [0.2, 0.25) is 0 Å². The van der Waals surface area contributed by atoms with Crippen LogP contribution in [-0.4, -0.2) is 12.6 Å². The summed E-state index contributed by atoms with van der Waals surface area (Å²) in [5, 5.41) is 0. The van der Waals surface area contributed by atoms with Gasteiger partial charge in [0.25, 0.3) is 0 Å². The van der Waals surface area contributed by atoms with Crippen molar-refractivity contribution in [3.8, 4) is 11.5 Å². The van der Waals surface area contributed by atoms with E-state index < -0.39 is 0 Å². The number of ether oxygens (including phenoxy) is 2. The molecule has 0 N–H and O–H groups in total. The van der Waals surface area contributed by atoms with E-state index in [9.17, 15) is 4.79 Å². The molecule has 0 spiro atoms. The second-order valence-electron chi connectivity index (χ2n) is 3.56. The minimum atomic E-state index is -0.340. The van der Waals surface area contributed by atoms with Gasteiger partial charge in [0, 0.05) is 0 Å². The van der Waals surface area contributed by atoms with E-state index in [1.807, 2.05) is 6.07 Å². The average Bonchev–Trinajstić information content (AvgIpc) is 2.85. The number of halogens is 1. The highest BCUT2D eigenvalue weighted by molar-refractivity contribution is 14.1. The van der Waals surface area contributed by atoms with Crippen molar-refractivity contribution in [2.75, 3.05) is 6.61 Å². The molecular formula is C14H11IO3S. The van der Waals surface area contributed by atoms with Crippen molar-refractivity contribution in [2.24, 2.45) is 0 Å². The third kappa shape index (κ3) is 4.07. The van der Waals surface area contributed by atoms with E-state index in [1.54, 1.807) is 36.4 Å². The van der Waals surface area contributed by atoms with Crippen LogP contribution in [0.3, 0.4) is 0 Å². The zero-order valence-corrected chi connectivity index (χ0v) is 12.9. The molecule has 0 bridgehead atoms. The van der Waals surface area contributed by atoms with Crippen molar-refractivity contribution in [2.45, 2.75) is 0 Å². The molecule has 1 heterocycles. The molecule has 0 aliphatic carbocycles. The van der Waals surface area contributed by atoms with E-state index in [0.717, 1.165) is 2.88 Å². The summed E-state index contributed by atoms with van der Waals surface area (Å²) < 4.78 is 11.7. The van der Waals surface area contributed by atoms with Crippen LogP contribution >= 0.6 is 33.9 Å². The van der Waals surface area contributed by atoms with E-state index in [1.165, 1.54) is 11.3 Å². The van der Waals surface area contributed by atoms with Gasteiger partial charge in [-0.1, -0.05) is 12.7 Å². The first kappa shape index (κ1) is 14.1. The first-order chi connectivity index (χ1) is 9.19. The molecule has 2 rings (SSSR count). The van der Waals surface area contributed by atoms with Gasteiger partial charge >= 0.3 is 5.97 Å². The number of carbonyl (C=O) groups excluding carboxylic acids is 1. The molecule has 0 radical (unpaired) electrons. The van der Waals surface area contributed by atoms with Gasteiger partial charge in [0.15, 0.2) is 0 Å². The van der Waals surface area contributed by atoms with Crippen molar-refractivity contribution in [1.29, 1.82) is 0 Å². The summed E-state index contributed by atoms with van der Waals surface area (Å²) in [5.74, 6) is 0.873. The Hall–Kier alpha value is -1.34. The zero-order chi connectivity index (χ0) is 13.7. The summed E-state index contributed by atoms with van der Waals surface area (Å²) in [6, 6.07) is 10.6. The van der Waals surface area contributed by atoms with Crippen LogP contribution in [0.5, 0.6) is 11.5 Å². The second-order valence-corrected chi connectivity index (χ2v) is 6.54. The number of thiophene rings is 1. The topological polar surface area (TPSA) is 35.5 Å². The third-order valence-corrected chi connectivity index (χ3v) is 4.05. The van der Waals surface area contributed by atoms with Gasteiger partial charge in [-0.3, -0.25) is 0 Å². The van der Waals surface area contributed by atoms with E-state index >= 15 is 0 Å². The summed E-state index contributed by atoms with van der Waals surface area (Å²) in [6.07, 6.45) is 1.67. The summed E-state index contributed by atoms with van der Waals surface area (Å²) in [7, 11) is 0. The molecule has 1 aromatic carbocycles. The maximum atomic E-state index is 11.8. The lowest BCUT2D eigenvalue weighted by Crippen LogP contribution is -2.06. The molecule has 0 unspecified atom stereocenters. The Morgan fingerprint density at radius 2 is 1.89 bits per heavy atom. The molecule has 0 aliphatic heterocycles. The number of hydrogen-bond donors (Lipinski definition) is 0. The van der Waals surface area contributed by atoms with Gasteiger partial charge in [-0.15, -0.1) is 11.3 Å². The van der Waals surface area contributed by atoms with Crippen LogP contribution in [0.4, 0.5) is 0 Å². The van der Waals surface area contributed by atoms with Gasteiger partial charge in [0.05, 0.1) is 2.88 Å². The van der Waals surface area contributed by atoms with E-state index in [4.69, 9.17) is 9.47 Å². The Labute approximate surface area is 129 Å². The van der Waals surface area contributed by atoms with Crippen molar-refractivity contribution < 1.29 is 14.3 Å². The monoisotopic (exact) mass is 386 g/mol. The van der Waals surface area contributed by atoms with Gasteiger partial charge < -0.3 is 9.47 Å². The predicted molar refractivity (Wildman–Crippen MR) is 84.1 cm³/mol. The van der Waals surface area contributed by atoms with Gasteiger partial charge in [-0.25, -0.2) is 4.79 Å². The van der Waals surface area contributed by atoms with Crippen LogP contribution in [0, 0.1) is 2.88 Å². The molecule has 0 atom stereocenters. The second kappa shape index (κ2) is 6.72. The van der Waals surface area contributed by atoms with E-state index in [2.05, 4.69) is 29.2 Å². The van der Waals surface area contributed by atoms with Gasteiger partial charge in [-0.2, -0.15) is 0 Å². The number of carbonyl (C=O) groups is 1. The van der Waals surface area contributed by atoms with E-state index in [-0.39, 0.29) is 5.97 Å². The fourth-order valence-corrected chi connectivity index (χ4v) is 2.84. The molecule has 98 valence electrons. The molecular weight excluding hydrogens is 375 g/mol. The molecule has 0 aliphatic rings. The SMILES string of the molecule is C=CCOc1ccc(OC(=O)c2ccc(I)s2)cc1. The van der Waals surface area contributed by atoms with Crippen LogP contribution in [0.15, 0.2) is 49.1 Å². The minimum absolute atomic E-state index is 0.340. The largest absolute Gasteiger partial charge is 0.490 e. The maximum Gasteiger partial charge on any atom is 0.353 e. The highest BCUT2D eigenvalue weighted by atomic mass is 127. The van der Waals surface area contributed by atoms with E-state index in [0.29, 0.717) is 23.0 Å². The first-order valence-corrected chi connectivity index (χ1v) is 7.40. The number of esters is 1. The molecule has 0 fully saturated rings. The summed E-state index contributed by atoms with van der Waals surface area (Å²) in [5.41, 5.74) is 0. The highest BCUT2D eigenvalue weighted by Crippen LogP contribution is 2.22. The number of hydrogen-bond acceptors (Lipinski definition) is 4. The Morgan fingerprint density at radius 3 is 2.47 bits per heavy atom. The van der Waals surface area contributed by atoms with Crippen LogP contribution in [0.25, 0.3) is 0 Å². The number of benzene rings is 1. The van der Waals surface area contributed by atoms with Crippen molar-refractivity contribution in [3.63, 3.8) is 0 Å². The molecule has 5 heteroatoms. The summed E-state index contributed by atoms with van der Waals surface area (Å²) >= 11 is 3.57. The molecule has 1 aromatic heterocycles. The van der Waals surface area contributed by atoms with Gasteiger partial charge in [-0.05, 0) is 59.0 Å². The smallest absolute Gasteiger partial charge is 0.353 e. The normalized spacial score (nSPS) is 9.95. The Bertz CT molecular complexity index is 575. The van der Waals surface area contributed by atoms with Crippen LogP contribution in [0.2, 0.25) is 0 Å². The third-order valence-electron chi connectivity index (χ3n) is 2.18. The number of rotatable bonds is 5. The van der Waals surface area contributed by atoms with Crippen LogP contribution < -0.4 is 9.47 Å². The highest BCUT2D eigenvalue weighted by Gasteiger charge is 2.11. The molecule has 19 heavy (non-hydrogen) atoms. The van der Waals surface area contributed by atoms with Gasteiger partial charge in [0.1, 0.15) is 23.0 Å². The Balaban J connectivity index is 1.99. The summed E-state index contributed by atoms with van der Waals surface area (Å²) in [4.78, 5) is 12.4. The van der Waals surface area contributed by atoms with Crippen molar-refractivity contribution >= 4 is 39.9 Å². The lowest BCUT2D eigenvalue weighted by atomic mass is 10.3. The van der Waals surface area contributed by atoms with Crippen molar-refractivity contribution in [1.82, 2.24) is 0 Å². The Kier molecular flexibility index (Phi) is 4.98. The molecule has 0 amide bonds. The average molecular weight is 386 g/mol. The quantitative estimate of drug-likeness (QED) is 0.336. The van der Waals surface area contributed by atoms with Crippen LogP contribution in [-0.2, 0) is 0 Å². The molecule has 2 aromatic rings. The molecule has 3 nitrogen and oxygen atoms in total. The standard InChI is InChI=1S/C14H11IO3S/c1-2-9-17-10-3-5-11(6-4-10)18-14(16)12-7-8-13(15)19-12/h2-8H,1,9H2. The fourth-order valence-electron chi connectivity index (χ4n) is 1.34. The van der Waals surface area contributed by atoms with Crippen molar-refractivity contribution in [3.05, 3.63) is 56.8 Å². The molecule has 0 saturated heterocycles. The summed E-state index contributed by atoms with van der Waals surface area (Å²) in [6.45, 7) is 4.03.